The van der Waals surface area contributed by atoms with Crippen LogP contribution < -0.4 is 5.32 Å². The smallest absolute Gasteiger partial charge is 0.225 e. The molecule has 0 spiro atoms. The van der Waals surface area contributed by atoms with Gasteiger partial charge in [-0.2, -0.15) is 0 Å². The van der Waals surface area contributed by atoms with Crippen molar-refractivity contribution in [2.75, 3.05) is 25.0 Å². The Morgan fingerprint density at radius 3 is 2.67 bits per heavy atom. The van der Waals surface area contributed by atoms with E-state index in [1.165, 1.54) is 18.6 Å². The molecular weight excluding hydrogens is 291 g/mol. The fourth-order valence-electron chi connectivity index (χ4n) is 3.04. The van der Waals surface area contributed by atoms with Gasteiger partial charge in [0.2, 0.25) is 5.91 Å². The Morgan fingerprint density at radius 1 is 1.38 bits per heavy atom. The van der Waals surface area contributed by atoms with Crippen LogP contribution >= 0.6 is 11.6 Å². The highest BCUT2D eigenvalue weighted by atomic mass is 35.5. The zero-order chi connectivity index (χ0) is 15.4. The second kappa shape index (κ2) is 7.23. The number of piperidine rings is 1. The Hall–Kier alpha value is -1.13. The molecule has 1 aromatic carbocycles. The molecule has 5 heteroatoms. The Morgan fingerprint density at radius 2 is 2.05 bits per heavy atom. The molecule has 2 atom stereocenters. The molecule has 1 N–H and O–H groups in total. The zero-order valence-electron chi connectivity index (χ0n) is 12.5. The minimum absolute atomic E-state index is 0.165. The second-order valence-electron chi connectivity index (χ2n) is 6.13. The van der Waals surface area contributed by atoms with Gasteiger partial charge in [-0.1, -0.05) is 25.4 Å². The summed E-state index contributed by atoms with van der Waals surface area (Å²) in [6, 6.07) is 4.25. The Labute approximate surface area is 130 Å². The molecule has 1 fully saturated rings. The van der Waals surface area contributed by atoms with Gasteiger partial charge >= 0.3 is 0 Å². The first-order valence-corrected chi connectivity index (χ1v) is 7.79. The average molecular weight is 313 g/mol. The van der Waals surface area contributed by atoms with Crippen molar-refractivity contribution in [1.82, 2.24) is 4.90 Å². The Balaban J connectivity index is 1.82. The topological polar surface area (TPSA) is 32.3 Å². The van der Waals surface area contributed by atoms with Crippen LogP contribution in [0.1, 0.15) is 26.7 Å². The van der Waals surface area contributed by atoms with E-state index in [4.69, 9.17) is 11.6 Å². The van der Waals surface area contributed by atoms with Gasteiger partial charge in [-0.05, 0) is 36.5 Å². The van der Waals surface area contributed by atoms with Crippen LogP contribution in [-0.2, 0) is 4.79 Å². The number of rotatable bonds is 4. The van der Waals surface area contributed by atoms with Crippen LogP contribution in [0.2, 0.25) is 5.02 Å². The fourth-order valence-corrected chi connectivity index (χ4v) is 3.20. The predicted octanol–water partition coefficient (Wildman–Crippen LogP) is 3.79. The third kappa shape index (κ3) is 4.97. The summed E-state index contributed by atoms with van der Waals surface area (Å²) >= 11 is 5.68. The molecule has 0 bridgehead atoms. The lowest BCUT2D eigenvalue weighted by atomic mass is 9.92. The molecule has 1 saturated heterocycles. The summed E-state index contributed by atoms with van der Waals surface area (Å²) in [6.07, 6.45) is 1.63. The molecule has 0 aromatic heterocycles. The third-order valence-corrected chi connectivity index (χ3v) is 4.04. The van der Waals surface area contributed by atoms with Crippen LogP contribution in [0.3, 0.4) is 0 Å². The molecule has 116 valence electrons. The van der Waals surface area contributed by atoms with E-state index in [1.54, 1.807) is 6.07 Å². The van der Waals surface area contributed by atoms with E-state index in [2.05, 4.69) is 24.1 Å². The number of nitrogens with zero attached hydrogens (tertiary/aromatic N) is 1. The van der Waals surface area contributed by atoms with Gasteiger partial charge < -0.3 is 10.2 Å². The first-order chi connectivity index (χ1) is 9.94. The van der Waals surface area contributed by atoms with E-state index < -0.39 is 5.82 Å². The number of amides is 1. The summed E-state index contributed by atoms with van der Waals surface area (Å²) < 4.78 is 13.6. The van der Waals surface area contributed by atoms with Crippen LogP contribution in [0.5, 0.6) is 0 Å². The molecule has 21 heavy (non-hydrogen) atoms. The first kappa shape index (κ1) is 16.2. The summed E-state index contributed by atoms with van der Waals surface area (Å²) in [5.41, 5.74) is 0.185. The third-order valence-electron chi connectivity index (χ3n) is 3.80. The Kier molecular flexibility index (Phi) is 5.59. The molecule has 1 amide bonds. The van der Waals surface area contributed by atoms with Gasteiger partial charge in [0.1, 0.15) is 5.82 Å². The fraction of sp³-hybridized carbons (Fsp3) is 0.562. The van der Waals surface area contributed by atoms with Crippen LogP contribution in [0, 0.1) is 17.7 Å². The lowest BCUT2D eigenvalue weighted by Crippen LogP contribution is -2.40. The van der Waals surface area contributed by atoms with Crippen LogP contribution in [0.25, 0.3) is 0 Å². The molecular formula is C16H22ClFN2O. The maximum Gasteiger partial charge on any atom is 0.225 e. The van der Waals surface area contributed by atoms with Crippen molar-refractivity contribution >= 4 is 23.2 Å². The number of hydrogen-bond acceptors (Lipinski definition) is 2. The largest absolute Gasteiger partial charge is 0.324 e. The lowest BCUT2D eigenvalue weighted by Gasteiger charge is -2.34. The molecule has 1 heterocycles. The minimum atomic E-state index is -0.504. The first-order valence-electron chi connectivity index (χ1n) is 7.41. The molecule has 3 nitrogen and oxygen atoms in total. The quantitative estimate of drug-likeness (QED) is 0.917. The monoisotopic (exact) mass is 312 g/mol. The van der Waals surface area contributed by atoms with Gasteiger partial charge in [-0.25, -0.2) is 4.39 Å². The van der Waals surface area contributed by atoms with E-state index in [0.29, 0.717) is 23.3 Å². The van der Waals surface area contributed by atoms with Gasteiger partial charge in [0, 0.05) is 31.1 Å². The van der Waals surface area contributed by atoms with E-state index in [9.17, 15) is 9.18 Å². The maximum absolute atomic E-state index is 13.6. The van der Waals surface area contributed by atoms with E-state index in [-0.39, 0.29) is 11.6 Å². The summed E-state index contributed by atoms with van der Waals surface area (Å²) in [5, 5.41) is 2.92. The van der Waals surface area contributed by atoms with Crippen molar-refractivity contribution in [2.45, 2.75) is 26.7 Å². The van der Waals surface area contributed by atoms with E-state index in [1.807, 2.05) is 0 Å². The summed E-state index contributed by atoms with van der Waals surface area (Å²) in [4.78, 5) is 14.2. The lowest BCUT2D eigenvalue weighted by molar-refractivity contribution is -0.116. The number of halogens is 2. The highest BCUT2D eigenvalue weighted by Crippen LogP contribution is 2.21. The summed E-state index contributed by atoms with van der Waals surface area (Å²) in [5.74, 6) is 0.675. The summed E-state index contributed by atoms with van der Waals surface area (Å²) in [6.45, 7) is 7.27. The number of carbonyl (C=O) groups excluding carboxylic acids is 1. The number of anilines is 1. The maximum atomic E-state index is 13.6. The van der Waals surface area contributed by atoms with Crippen molar-refractivity contribution in [2.24, 2.45) is 11.8 Å². The normalized spacial score (nSPS) is 23.0. The Bertz CT molecular complexity index is 499. The number of likely N-dealkylation sites (tertiary alicyclic amines) is 1. The van der Waals surface area contributed by atoms with Crippen LogP contribution in [0.15, 0.2) is 18.2 Å². The molecule has 0 saturated carbocycles. The van der Waals surface area contributed by atoms with Crippen molar-refractivity contribution < 1.29 is 9.18 Å². The molecule has 1 aliphatic rings. The van der Waals surface area contributed by atoms with Crippen LogP contribution in [-0.4, -0.2) is 30.4 Å². The van der Waals surface area contributed by atoms with Gasteiger partial charge in [-0.15, -0.1) is 0 Å². The number of benzene rings is 1. The predicted molar refractivity (Wildman–Crippen MR) is 84.0 cm³/mol. The van der Waals surface area contributed by atoms with Crippen molar-refractivity contribution in [3.63, 3.8) is 0 Å². The molecule has 0 radical (unpaired) electrons. The van der Waals surface area contributed by atoms with Crippen molar-refractivity contribution in [1.29, 1.82) is 0 Å². The van der Waals surface area contributed by atoms with E-state index >= 15 is 0 Å². The molecule has 0 aliphatic carbocycles. The van der Waals surface area contributed by atoms with Crippen molar-refractivity contribution in [3.05, 3.63) is 29.0 Å². The molecule has 2 unspecified atom stereocenters. The second-order valence-corrected chi connectivity index (χ2v) is 6.56. The summed E-state index contributed by atoms with van der Waals surface area (Å²) in [7, 11) is 0. The molecule has 1 aliphatic heterocycles. The molecule has 1 aromatic rings. The zero-order valence-corrected chi connectivity index (χ0v) is 13.3. The van der Waals surface area contributed by atoms with Crippen molar-refractivity contribution in [3.8, 4) is 0 Å². The number of nitrogens with one attached hydrogen (secondary N) is 1. The number of carbonyl (C=O) groups is 1. The number of hydrogen-bond donors (Lipinski definition) is 1. The van der Waals surface area contributed by atoms with Gasteiger partial charge in [0.15, 0.2) is 0 Å². The SMILES string of the molecule is CC1CC(C)CN(CCC(=O)Nc2ccc(Cl)cc2F)C1. The highest BCUT2D eigenvalue weighted by molar-refractivity contribution is 6.30. The van der Waals surface area contributed by atoms with Crippen LogP contribution in [0.4, 0.5) is 10.1 Å². The van der Waals surface area contributed by atoms with Gasteiger partial charge in [0.05, 0.1) is 5.69 Å². The standard InChI is InChI=1S/C16H22ClFN2O/c1-11-7-12(2)10-20(9-11)6-5-16(21)19-15-4-3-13(17)8-14(15)18/h3-4,8,11-12H,5-7,9-10H2,1-2H3,(H,19,21). The highest BCUT2D eigenvalue weighted by Gasteiger charge is 2.22. The van der Waals surface area contributed by atoms with Gasteiger partial charge in [-0.3, -0.25) is 4.79 Å². The van der Waals surface area contributed by atoms with Gasteiger partial charge in [0.25, 0.3) is 0 Å². The minimum Gasteiger partial charge on any atom is -0.324 e. The average Bonchev–Trinajstić information content (AvgIpc) is 2.39. The molecule has 2 rings (SSSR count). The van der Waals surface area contributed by atoms with E-state index in [0.717, 1.165) is 19.6 Å².